The van der Waals surface area contributed by atoms with E-state index in [-0.39, 0.29) is 0 Å². The summed E-state index contributed by atoms with van der Waals surface area (Å²) in [7, 11) is 0. The second-order valence-electron chi connectivity index (χ2n) is 4.29. The monoisotopic (exact) mass is 326 g/mol. The standard InChI is InChI=1S/C14H13BrF2N2/c1-8-2-4-12(16)10(6-8)14(19-18)11-7-9(15)3-5-13(11)17/h2-7,14,19H,18H2,1H3. The van der Waals surface area contributed by atoms with Gasteiger partial charge in [0, 0.05) is 15.6 Å². The molecular weight excluding hydrogens is 314 g/mol. The Labute approximate surface area is 118 Å². The molecule has 5 heteroatoms. The molecule has 0 bridgehead atoms. The molecule has 0 fully saturated rings. The molecule has 1 atom stereocenters. The summed E-state index contributed by atoms with van der Waals surface area (Å²) in [6.45, 7) is 1.84. The molecule has 2 aromatic rings. The Kier molecular flexibility index (Phi) is 4.29. The summed E-state index contributed by atoms with van der Waals surface area (Å²) in [5, 5.41) is 0. The third-order valence-electron chi connectivity index (χ3n) is 2.90. The van der Waals surface area contributed by atoms with Crippen LogP contribution in [0.25, 0.3) is 0 Å². The molecule has 100 valence electrons. The molecule has 0 amide bonds. The summed E-state index contributed by atoms with van der Waals surface area (Å²) in [6.07, 6.45) is 0. The number of nitrogens with one attached hydrogen (secondary N) is 1. The van der Waals surface area contributed by atoms with E-state index < -0.39 is 17.7 Å². The van der Waals surface area contributed by atoms with Crippen molar-refractivity contribution in [3.05, 3.63) is 69.2 Å². The lowest BCUT2D eigenvalue weighted by Gasteiger charge is -2.19. The summed E-state index contributed by atoms with van der Waals surface area (Å²) in [5.41, 5.74) is 3.96. The van der Waals surface area contributed by atoms with Gasteiger partial charge in [0.05, 0.1) is 6.04 Å². The Balaban J connectivity index is 2.55. The highest BCUT2D eigenvalue weighted by molar-refractivity contribution is 9.10. The van der Waals surface area contributed by atoms with E-state index in [2.05, 4.69) is 21.4 Å². The van der Waals surface area contributed by atoms with Gasteiger partial charge in [0.1, 0.15) is 11.6 Å². The average Bonchev–Trinajstić information content (AvgIpc) is 2.38. The van der Waals surface area contributed by atoms with Crippen LogP contribution in [0.3, 0.4) is 0 Å². The van der Waals surface area contributed by atoms with Crippen molar-refractivity contribution < 1.29 is 8.78 Å². The largest absolute Gasteiger partial charge is 0.271 e. The average molecular weight is 327 g/mol. The van der Waals surface area contributed by atoms with Crippen LogP contribution in [0.4, 0.5) is 8.78 Å². The van der Waals surface area contributed by atoms with Gasteiger partial charge in [0.25, 0.3) is 0 Å². The van der Waals surface area contributed by atoms with Gasteiger partial charge in [-0.25, -0.2) is 14.2 Å². The van der Waals surface area contributed by atoms with E-state index >= 15 is 0 Å². The van der Waals surface area contributed by atoms with Crippen LogP contribution in [-0.4, -0.2) is 0 Å². The van der Waals surface area contributed by atoms with E-state index in [1.165, 1.54) is 12.1 Å². The van der Waals surface area contributed by atoms with Gasteiger partial charge in [0.2, 0.25) is 0 Å². The van der Waals surface area contributed by atoms with Gasteiger partial charge < -0.3 is 0 Å². The van der Waals surface area contributed by atoms with E-state index in [0.717, 1.165) is 5.56 Å². The zero-order chi connectivity index (χ0) is 14.0. The van der Waals surface area contributed by atoms with Crippen LogP contribution < -0.4 is 11.3 Å². The van der Waals surface area contributed by atoms with Crippen molar-refractivity contribution in [1.29, 1.82) is 0 Å². The Morgan fingerprint density at radius 1 is 1.05 bits per heavy atom. The molecule has 0 radical (unpaired) electrons. The molecule has 2 nitrogen and oxygen atoms in total. The maximum absolute atomic E-state index is 13.9. The maximum Gasteiger partial charge on any atom is 0.128 e. The van der Waals surface area contributed by atoms with Crippen LogP contribution in [0.1, 0.15) is 22.7 Å². The van der Waals surface area contributed by atoms with Gasteiger partial charge in [-0.1, -0.05) is 33.6 Å². The van der Waals surface area contributed by atoms with Gasteiger partial charge in [-0.05, 0) is 31.2 Å². The second kappa shape index (κ2) is 5.77. The normalized spacial score (nSPS) is 12.5. The topological polar surface area (TPSA) is 38.0 Å². The highest BCUT2D eigenvalue weighted by atomic mass is 79.9. The first-order chi connectivity index (χ1) is 9.02. The van der Waals surface area contributed by atoms with Gasteiger partial charge >= 0.3 is 0 Å². The number of hydrogen-bond donors (Lipinski definition) is 2. The fourth-order valence-electron chi connectivity index (χ4n) is 1.97. The molecule has 0 aliphatic heterocycles. The molecule has 1 unspecified atom stereocenters. The lowest BCUT2D eigenvalue weighted by Crippen LogP contribution is -2.30. The minimum atomic E-state index is -0.739. The number of hydrazine groups is 1. The quantitative estimate of drug-likeness (QED) is 0.668. The van der Waals surface area contributed by atoms with Crippen LogP contribution in [0.2, 0.25) is 0 Å². The van der Waals surface area contributed by atoms with Crippen molar-refractivity contribution in [3.8, 4) is 0 Å². The van der Waals surface area contributed by atoms with Crippen LogP contribution in [0.5, 0.6) is 0 Å². The lowest BCUT2D eigenvalue weighted by atomic mass is 9.97. The highest BCUT2D eigenvalue weighted by Gasteiger charge is 2.20. The van der Waals surface area contributed by atoms with Gasteiger partial charge in [-0.3, -0.25) is 5.84 Å². The molecule has 2 rings (SSSR count). The lowest BCUT2D eigenvalue weighted by molar-refractivity contribution is 0.530. The third kappa shape index (κ3) is 3.00. The van der Waals surface area contributed by atoms with Crippen molar-refractivity contribution >= 4 is 15.9 Å². The van der Waals surface area contributed by atoms with Crippen molar-refractivity contribution in [2.45, 2.75) is 13.0 Å². The van der Waals surface area contributed by atoms with Crippen LogP contribution >= 0.6 is 15.9 Å². The van der Waals surface area contributed by atoms with Gasteiger partial charge in [-0.2, -0.15) is 0 Å². The SMILES string of the molecule is Cc1ccc(F)c(C(NN)c2cc(Br)ccc2F)c1. The van der Waals surface area contributed by atoms with Crippen molar-refractivity contribution in [2.24, 2.45) is 5.84 Å². The smallest absolute Gasteiger partial charge is 0.128 e. The molecule has 0 saturated carbocycles. The number of hydrogen-bond acceptors (Lipinski definition) is 2. The predicted octanol–water partition coefficient (Wildman–Crippen LogP) is 3.59. The first-order valence-electron chi connectivity index (χ1n) is 5.70. The van der Waals surface area contributed by atoms with Crippen molar-refractivity contribution in [1.82, 2.24) is 5.43 Å². The Hall–Kier alpha value is -1.30. The van der Waals surface area contributed by atoms with Crippen LogP contribution in [0.15, 0.2) is 40.9 Å². The minimum Gasteiger partial charge on any atom is -0.271 e. The fourth-order valence-corrected chi connectivity index (χ4v) is 2.35. The minimum absolute atomic E-state index is 0.293. The molecule has 0 aliphatic carbocycles. The molecule has 0 spiro atoms. The summed E-state index contributed by atoms with van der Waals surface area (Å²) < 4.78 is 28.5. The van der Waals surface area contributed by atoms with Gasteiger partial charge in [0.15, 0.2) is 0 Å². The molecule has 0 aliphatic rings. The fraction of sp³-hybridized carbons (Fsp3) is 0.143. The first kappa shape index (κ1) is 14.1. The number of nitrogens with two attached hydrogens (primary N) is 1. The summed E-state index contributed by atoms with van der Waals surface area (Å²) >= 11 is 3.27. The Morgan fingerprint density at radius 3 is 2.26 bits per heavy atom. The first-order valence-corrected chi connectivity index (χ1v) is 6.49. The molecule has 19 heavy (non-hydrogen) atoms. The Morgan fingerprint density at radius 2 is 1.63 bits per heavy atom. The predicted molar refractivity (Wildman–Crippen MR) is 74.4 cm³/mol. The van der Waals surface area contributed by atoms with Crippen LogP contribution in [0, 0.1) is 18.6 Å². The van der Waals surface area contributed by atoms with Crippen LogP contribution in [-0.2, 0) is 0 Å². The highest BCUT2D eigenvalue weighted by Crippen LogP contribution is 2.28. The molecule has 0 heterocycles. The zero-order valence-electron chi connectivity index (χ0n) is 10.3. The number of benzene rings is 2. The molecule has 0 saturated heterocycles. The zero-order valence-corrected chi connectivity index (χ0v) is 11.8. The van der Waals surface area contributed by atoms with E-state index in [1.807, 2.05) is 6.92 Å². The third-order valence-corrected chi connectivity index (χ3v) is 3.39. The van der Waals surface area contributed by atoms with E-state index in [9.17, 15) is 8.78 Å². The van der Waals surface area contributed by atoms with Gasteiger partial charge in [-0.15, -0.1) is 0 Å². The Bertz CT molecular complexity index is 550. The van der Waals surface area contributed by atoms with Crippen molar-refractivity contribution in [3.63, 3.8) is 0 Å². The number of rotatable bonds is 3. The molecule has 0 aromatic heterocycles. The summed E-state index contributed by atoms with van der Waals surface area (Å²) in [6, 6.07) is 8.41. The maximum atomic E-state index is 13.9. The van der Waals surface area contributed by atoms with E-state index in [1.54, 1.807) is 24.3 Å². The van der Waals surface area contributed by atoms with Crippen molar-refractivity contribution in [2.75, 3.05) is 0 Å². The van der Waals surface area contributed by atoms with E-state index in [0.29, 0.717) is 15.6 Å². The summed E-state index contributed by atoms with van der Waals surface area (Å²) in [4.78, 5) is 0. The number of aryl methyl sites for hydroxylation is 1. The summed E-state index contributed by atoms with van der Waals surface area (Å²) in [5.74, 6) is 4.61. The second-order valence-corrected chi connectivity index (χ2v) is 5.21. The van der Waals surface area contributed by atoms with E-state index in [4.69, 9.17) is 5.84 Å². The molecule has 3 N–H and O–H groups in total. The molecule has 2 aromatic carbocycles. The molecular formula is C14H13BrF2N2. The number of halogens is 3.